The molecule has 7 heteroatoms. The number of hydrogen-bond donors (Lipinski definition) is 0. The summed E-state index contributed by atoms with van der Waals surface area (Å²) in [5.41, 5.74) is 0.761. The lowest BCUT2D eigenvalue weighted by molar-refractivity contribution is 0.0464. The molecule has 0 bridgehead atoms. The number of benzene rings is 1. The van der Waals surface area contributed by atoms with Crippen molar-refractivity contribution in [1.29, 1.82) is 0 Å². The third-order valence-electron chi connectivity index (χ3n) is 2.82. The van der Waals surface area contributed by atoms with E-state index in [9.17, 15) is 4.79 Å². The van der Waals surface area contributed by atoms with Crippen molar-refractivity contribution < 1.29 is 18.5 Å². The molecule has 0 aliphatic rings. The van der Waals surface area contributed by atoms with Crippen LogP contribution in [0.15, 0.2) is 56.1 Å². The molecule has 0 saturated heterocycles. The van der Waals surface area contributed by atoms with E-state index in [1.54, 1.807) is 36.4 Å². The van der Waals surface area contributed by atoms with Gasteiger partial charge in [0.25, 0.3) is 0 Å². The number of ether oxygens (including phenoxy) is 1. The molecule has 3 aromatic rings. The van der Waals surface area contributed by atoms with Gasteiger partial charge in [0.2, 0.25) is 5.76 Å². The maximum atomic E-state index is 12.0. The van der Waals surface area contributed by atoms with Crippen LogP contribution in [0.4, 0.5) is 0 Å². The van der Waals surface area contributed by atoms with Crippen LogP contribution in [0, 0.1) is 0 Å². The van der Waals surface area contributed by atoms with Crippen LogP contribution in [0.25, 0.3) is 11.5 Å². The molecule has 112 valence electrons. The number of aromatic nitrogens is 1. The van der Waals surface area contributed by atoms with Gasteiger partial charge in [-0.3, -0.25) is 0 Å². The van der Waals surface area contributed by atoms with Crippen molar-refractivity contribution in [3.63, 3.8) is 0 Å². The highest BCUT2D eigenvalue weighted by atomic mass is 79.9. The summed E-state index contributed by atoms with van der Waals surface area (Å²) in [6, 6.07) is 10.1. The third kappa shape index (κ3) is 3.23. The zero-order valence-corrected chi connectivity index (χ0v) is 13.4. The fraction of sp³-hybridized carbons (Fsp3) is 0.0667. The van der Waals surface area contributed by atoms with Gasteiger partial charge in [0.05, 0.1) is 16.8 Å². The van der Waals surface area contributed by atoms with Gasteiger partial charge in [-0.25, -0.2) is 4.79 Å². The lowest BCUT2D eigenvalue weighted by atomic mass is 10.2. The Labute approximate surface area is 138 Å². The minimum absolute atomic E-state index is 0.0219. The number of hydrogen-bond acceptors (Lipinski definition) is 5. The van der Waals surface area contributed by atoms with E-state index in [1.807, 2.05) is 0 Å². The minimum Gasteiger partial charge on any atom is -0.461 e. The van der Waals surface area contributed by atoms with E-state index < -0.39 is 5.97 Å². The molecule has 5 nitrogen and oxygen atoms in total. The van der Waals surface area contributed by atoms with Crippen molar-refractivity contribution in [1.82, 2.24) is 5.16 Å². The Bertz CT molecular complexity index is 798. The van der Waals surface area contributed by atoms with Crippen LogP contribution < -0.4 is 0 Å². The van der Waals surface area contributed by atoms with Crippen LogP contribution in [0.2, 0.25) is 5.02 Å². The SMILES string of the molecule is O=C(OCc1cc(-c2ccco2)on1)c1cc(Br)ccc1Cl. The molecule has 2 aromatic heterocycles. The van der Waals surface area contributed by atoms with E-state index in [0.717, 1.165) is 4.47 Å². The summed E-state index contributed by atoms with van der Waals surface area (Å²) in [5.74, 6) is 0.491. The molecule has 0 aliphatic carbocycles. The molecule has 1 aromatic carbocycles. The second-order valence-corrected chi connectivity index (χ2v) is 5.68. The molecule has 0 atom stereocenters. The standard InChI is InChI=1S/C15H9BrClNO4/c16-9-3-4-12(17)11(6-9)15(19)21-8-10-7-14(22-18-10)13-2-1-5-20-13/h1-7H,8H2. The summed E-state index contributed by atoms with van der Waals surface area (Å²) in [4.78, 5) is 12.0. The lowest BCUT2D eigenvalue weighted by Gasteiger charge is -2.04. The van der Waals surface area contributed by atoms with Crippen molar-refractivity contribution in [2.24, 2.45) is 0 Å². The molecule has 0 N–H and O–H groups in total. The van der Waals surface area contributed by atoms with Crippen LogP contribution in [0.1, 0.15) is 16.1 Å². The molecule has 0 fully saturated rings. The van der Waals surface area contributed by atoms with Gasteiger partial charge in [-0.05, 0) is 30.3 Å². The average molecular weight is 383 g/mol. The average Bonchev–Trinajstić information content (AvgIpc) is 3.17. The number of carbonyl (C=O) groups is 1. The van der Waals surface area contributed by atoms with Gasteiger partial charge in [0.1, 0.15) is 12.3 Å². The van der Waals surface area contributed by atoms with E-state index in [0.29, 0.717) is 22.2 Å². The first-order chi connectivity index (χ1) is 10.6. The molecule has 2 heterocycles. The quantitative estimate of drug-likeness (QED) is 0.612. The van der Waals surface area contributed by atoms with Crippen LogP contribution in [-0.4, -0.2) is 11.1 Å². The molecular weight excluding hydrogens is 374 g/mol. The molecule has 3 rings (SSSR count). The Morgan fingerprint density at radius 3 is 2.91 bits per heavy atom. The zero-order valence-electron chi connectivity index (χ0n) is 11.1. The van der Waals surface area contributed by atoms with Crippen LogP contribution in [0.3, 0.4) is 0 Å². The Balaban J connectivity index is 1.67. The monoisotopic (exact) mass is 381 g/mol. The van der Waals surface area contributed by atoms with E-state index in [4.69, 9.17) is 25.3 Å². The number of carbonyl (C=O) groups excluding carboxylic acids is 1. The number of furan rings is 1. The molecule has 0 radical (unpaired) electrons. The summed E-state index contributed by atoms with van der Waals surface area (Å²) >= 11 is 9.26. The second-order valence-electron chi connectivity index (χ2n) is 4.36. The van der Waals surface area contributed by atoms with Crippen molar-refractivity contribution in [2.75, 3.05) is 0 Å². The normalized spacial score (nSPS) is 10.6. The Morgan fingerprint density at radius 1 is 1.27 bits per heavy atom. The first-order valence-corrected chi connectivity index (χ1v) is 7.42. The third-order valence-corrected chi connectivity index (χ3v) is 3.65. The lowest BCUT2D eigenvalue weighted by Crippen LogP contribution is -2.06. The van der Waals surface area contributed by atoms with E-state index in [2.05, 4.69) is 21.1 Å². The van der Waals surface area contributed by atoms with Gasteiger partial charge in [-0.2, -0.15) is 0 Å². The molecule has 0 unspecified atom stereocenters. The Kier molecular flexibility index (Phi) is 4.31. The molecule has 0 spiro atoms. The predicted molar refractivity (Wildman–Crippen MR) is 82.5 cm³/mol. The Morgan fingerprint density at radius 2 is 2.14 bits per heavy atom. The van der Waals surface area contributed by atoms with E-state index in [-0.39, 0.29) is 12.2 Å². The molecular formula is C15H9BrClNO4. The first-order valence-electron chi connectivity index (χ1n) is 6.25. The van der Waals surface area contributed by atoms with E-state index in [1.165, 1.54) is 6.26 Å². The smallest absolute Gasteiger partial charge is 0.340 e. The topological polar surface area (TPSA) is 65.5 Å². The van der Waals surface area contributed by atoms with Crippen LogP contribution in [0.5, 0.6) is 0 Å². The number of nitrogens with zero attached hydrogens (tertiary/aromatic N) is 1. The van der Waals surface area contributed by atoms with Crippen molar-refractivity contribution >= 4 is 33.5 Å². The summed E-state index contributed by atoms with van der Waals surface area (Å²) in [7, 11) is 0. The van der Waals surface area contributed by atoms with Crippen molar-refractivity contribution in [2.45, 2.75) is 6.61 Å². The van der Waals surface area contributed by atoms with Gasteiger partial charge in [0.15, 0.2) is 5.76 Å². The fourth-order valence-corrected chi connectivity index (χ4v) is 2.34. The maximum Gasteiger partial charge on any atom is 0.340 e. The number of halogens is 2. The number of rotatable bonds is 4. The van der Waals surface area contributed by atoms with Gasteiger partial charge in [0, 0.05) is 10.5 Å². The molecule has 0 aliphatic heterocycles. The predicted octanol–water partition coefficient (Wildman–Crippen LogP) is 4.71. The maximum absolute atomic E-state index is 12.0. The highest BCUT2D eigenvalue weighted by Gasteiger charge is 2.15. The summed E-state index contributed by atoms with van der Waals surface area (Å²) in [5, 5.41) is 4.15. The van der Waals surface area contributed by atoms with E-state index >= 15 is 0 Å². The summed E-state index contributed by atoms with van der Waals surface area (Å²) < 4.78 is 16.2. The summed E-state index contributed by atoms with van der Waals surface area (Å²) in [6.45, 7) is -0.0219. The minimum atomic E-state index is -0.533. The van der Waals surface area contributed by atoms with Gasteiger partial charge >= 0.3 is 5.97 Å². The van der Waals surface area contributed by atoms with Gasteiger partial charge < -0.3 is 13.7 Å². The van der Waals surface area contributed by atoms with Crippen LogP contribution in [-0.2, 0) is 11.3 Å². The van der Waals surface area contributed by atoms with Gasteiger partial charge in [-0.15, -0.1) is 0 Å². The number of esters is 1. The van der Waals surface area contributed by atoms with Crippen molar-refractivity contribution in [3.05, 3.63) is 63.4 Å². The largest absolute Gasteiger partial charge is 0.461 e. The molecule has 22 heavy (non-hydrogen) atoms. The molecule has 0 amide bonds. The zero-order chi connectivity index (χ0) is 15.5. The van der Waals surface area contributed by atoms with Crippen molar-refractivity contribution in [3.8, 4) is 11.5 Å². The summed E-state index contributed by atoms with van der Waals surface area (Å²) in [6.07, 6.45) is 1.53. The molecule has 0 saturated carbocycles. The Hall–Kier alpha value is -2.05. The van der Waals surface area contributed by atoms with Crippen LogP contribution >= 0.6 is 27.5 Å². The highest BCUT2D eigenvalue weighted by molar-refractivity contribution is 9.10. The fourth-order valence-electron chi connectivity index (χ4n) is 1.79. The highest BCUT2D eigenvalue weighted by Crippen LogP contribution is 2.23. The second kappa shape index (κ2) is 6.37. The van der Waals surface area contributed by atoms with Gasteiger partial charge in [-0.1, -0.05) is 32.7 Å². The first kappa shape index (κ1) is 14.9.